The number of ether oxygens (including phenoxy) is 2. The third-order valence-corrected chi connectivity index (χ3v) is 3.46. The van der Waals surface area contributed by atoms with Crippen LogP contribution in [0.4, 0.5) is 0 Å². The Morgan fingerprint density at radius 3 is 3.06 bits per heavy atom. The highest BCUT2D eigenvalue weighted by Crippen LogP contribution is 2.32. The SMILES string of the molecule is CCCC(COC)NCC1COc2ccccc21. The minimum atomic E-state index is 0.452. The lowest BCUT2D eigenvalue weighted by atomic mass is 10.0. The topological polar surface area (TPSA) is 30.5 Å². The average molecular weight is 249 g/mol. The minimum absolute atomic E-state index is 0.452. The van der Waals surface area contributed by atoms with E-state index in [9.17, 15) is 0 Å². The van der Waals surface area contributed by atoms with Crippen LogP contribution < -0.4 is 10.1 Å². The minimum Gasteiger partial charge on any atom is -0.493 e. The fourth-order valence-electron chi connectivity index (χ4n) is 2.50. The first kappa shape index (κ1) is 13.4. The maximum atomic E-state index is 5.69. The van der Waals surface area contributed by atoms with Crippen molar-refractivity contribution in [3.63, 3.8) is 0 Å². The highest BCUT2D eigenvalue weighted by molar-refractivity contribution is 5.39. The van der Waals surface area contributed by atoms with Gasteiger partial charge in [0.05, 0.1) is 13.2 Å². The molecule has 100 valence electrons. The van der Waals surface area contributed by atoms with E-state index in [0.29, 0.717) is 12.0 Å². The molecule has 0 saturated carbocycles. The van der Waals surface area contributed by atoms with Crippen molar-refractivity contribution in [2.24, 2.45) is 0 Å². The molecule has 3 heteroatoms. The number of rotatable bonds is 7. The van der Waals surface area contributed by atoms with Gasteiger partial charge in [0.25, 0.3) is 0 Å². The van der Waals surface area contributed by atoms with Crippen molar-refractivity contribution >= 4 is 0 Å². The Bertz CT molecular complexity index is 361. The van der Waals surface area contributed by atoms with Gasteiger partial charge in [0.2, 0.25) is 0 Å². The molecule has 0 aromatic heterocycles. The molecule has 1 aliphatic heterocycles. The Morgan fingerprint density at radius 2 is 2.28 bits per heavy atom. The van der Waals surface area contributed by atoms with E-state index in [1.165, 1.54) is 12.0 Å². The summed E-state index contributed by atoms with van der Waals surface area (Å²) < 4.78 is 10.9. The molecule has 1 aliphatic rings. The van der Waals surface area contributed by atoms with Gasteiger partial charge in [-0.25, -0.2) is 0 Å². The quantitative estimate of drug-likeness (QED) is 0.805. The number of hydrogen-bond acceptors (Lipinski definition) is 3. The third-order valence-electron chi connectivity index (χ3n) is 3.46. The van der Waals surface area contributed by atoms with E-state index in [-0.39, 0.29) is 0 Å². The normalized spacial score (nSPS) is 19.3. The van der Waals surface area contributed by atoms with Gasteiger partial charge in [0.1, 0.15) is 5.75 Å². The van der Waals surface area contributed by atoms with Crippen LogP contribution in [0.2, 0.25) is 0 Å². The van der Waals surface area contributed by atoms with E-state index in [2.05, 4.69) is 24.4 Å². The second kappa shape index (κ2) is 6.76. The molecule has 0 fully saturated rings. The molecule has 1 aromatic rings. The van der Waals surface area contributed by atoms with Gasteiger partial charge in [-0.15, -0.1) is 0 Å². The van der Waals surface area contributed by atoms with Crippen LogP contribution in [0.5, 0.6) is 5.75 Å². The molecule has 0 bridgehead atoms. The number of hydrogen-bond donors (Lipinski definition) is 1. The first-order valence-corrected chi connectivity index (χ1v) is 6.79. The number of para-hydroxylation sites is 1. The van der Waals surface area contributed by atoms with Gasteiger partial charge < -0.3 is 14.8 Å². The Kier molecular flexibility index (Phi) is 5.02. The van der Waals surface area contributed by atoms with Crippen LogP contribution >= 0.6 is 0 Å². The number of methoxy groups -OCH3 is 1. The maximum absolute atomic E-state index is 5.69. The zero-order chi connectivity index (χ0) is 12.8. The first-order valence-electron chi connectivity index (χ1n) is 6.79. The lowest BCUT2D eigenvalue weighted by Gasteiger charge is -2.19. The van der Waals surface area contributed by atoms with Gasteiger partial charge >= 0.3 is 0 Å². The predicted octanol–water partition coefficient (Wildman–Crippen LogP) is 2.57. The molecule has 0 saturated heterocycles. The Hall–Kier alpha value is -1.06. The smallest absolute Gasteiger partial charge is 0.122 e. The van der Waals surface area contributed by atoms with Crippen molar-refractivity contribution in [3.8, 4) is 5.75 Å². The van der Waals surface area contributed by atoms with Gasteiger partial charge in [0, 0.05) is 31.2 Å². The second-order valence-electron chi connectivity index (χ2n) is 4.89. The van der Waals surface area contributed by atoms with Gasteiger partial charge in [-0.2, -0.15) is 0 Å². The fraction of sp³-hybridized carbons (Fsp3) is 0.600. The summed E-state index contributed by atoms with van der Waals surface area (Å²) in [6.45, 7) is 4.74. The third kappa shape index (κ3) is 3.24. The van der Waals surface area contributed by atoms with Crippen LogP contribution in [0.1, 0.15) is 31.2 Å². The molecule has 3 nitrogen and oxygen atoms in total. The Balaban J connectivity index is 1.87. The lowest BCUT2D eigenvalue weighted by Crippen LogP contribution is -2.36. The highest BCUT2D eigenvalue weighted by Gasteiger charge is 2.23. The number of nitrogens with one attached hydrogen (secondary N) is 1. The van der Waals surface area contributed by atoms with Crippen molar-refractivity contribution in [1.82, 2.24) is 5.32 Å². The number of benzene rings is 1. The van der Waals surface area contributed by atoms with Crippen molar-refractivity contribution in [2.45, 2.75) is 31.7 Å². The molecule has 2 rings (SSSR count). The van der Waals surface area contributed by atoms with E-state index < -0.39 is 0 Å². The van der Waals surface area contributed by atoms with E-state index in [4.69, 9.17) is 9.47 Å². The zero-order valence-corrected chi connectivity index (χ0v) is 11.3. The summed E-state index contributed by atoms with van der Waals surface area (Å²) in [6, 6.07) is 8.78. The molecule has 1 aromatic carbocycles. The summed E-state index contributed by atoms with van der Waals surface area (Å²) in [5.41, 5.74) is 1.33. The number of fused-ring (bicyclic) bond motifs is 1. The summed E-state index contributed by atoms with van der Waals surface area (Å²) >= 11 is 0. The van der Waals surface area contributed by atoms with E-state index in [1.807, 2.05) is 12.1 Å². The molecule has 1 heterocycles. The van der Waals surface area contributed by atoms with E-state index in [1.54, 1.807) is 7.11 Å². The average Bonchev–Trinajstić information content (AvgIpc) is 2.80. The Labute approximate surface area is 109 Å². The molecule has 0 amide bonds. The molecule has 2 unspecified atom stereocenters. The van der Waals surface area contributed by atoms with Gasteiger partial charge in [-0.3, -0.25) is 0 Å². The van der Waals surface area contributed by atoms with Crippen LogP contribution in [-0.2, 0) is 4.74 Å². The van der Waals surface area contributed by atoms with Crippen molar-refractivity contribution in [2.75, 3.05) is 26.9 Å². The van der Waals surface area contributed by atoms with Gasteiger partial charge in [0.15, 0.2) is 0 Å². The summed E-state index contributed by atoms with van der Waals surface area (Å²) in [7, 11) is 1.76. The molecule has 2 atom stereocenters. The predicted molar refractivity (Wildman–Crippen MR) is 73.3 cm³/mol. The van der Waals surface area contributed by atoms with Crippen LogP contribution in [0.25, 0.3) is 0 Å². The van der Waals surface area contributed by atoms with Crippen molar-refractivity contribution in [3.05, 3.63) is 29.8 Å². The van der Waals surface area contributed by atoms with Crippen LogP contribution in [0.15, 0.2) is 24.3 Å². The maximum Gasteiger partial charge on any atom is 0.122 e. The lowest BCUT2D eigenvalue weighted by molar-refractivity contribution is 0.160. The molecule has 0 radical (unpaired) electrons. The largest absolute Gasteiger partial charge is 0.493 e. The fourth-order valence-corrected chi connectivity index (χ4v) is 2.50. The summed E-state index contributed by atoms with van der Waals surface area (Å²) in [5.74, 6) is 1.51. The molecule has 1 N–H and O–H groups in total. The molecule has 0 spiro atoms. The zero-order valence-electron chi connectivity index (χ0n) is 11.3. The van der Waals surface area contributed by atoms with Gasteiger partial charge in [-0.1, -0.05) is 31.5 Å². The second-order valence-corrected chi connectivity index (χ2v) is 4.89. The van der Waals surface area contributed by atoms with Crippen LogP contribution in [0, 0.1) is 0 Å². The standard InChI is InChI=1S/C15H23NO2/c1-3-6-13(11-17-2)16-9-12-10-18-15-8-5-4-7-14(12)15/h4-5,7-8,12-13,16H,3,6,9-11H2,1-2H3. The Morgan fingerprint density at radius 1 is 1.44 bits per heavy atom. The van der Waals surface area contributed by atoms with E-state index in [0.717, 1.165) is 31.9 Å². The molecule has 18 heavy (non-hydrogen) atoms. The monoisotopic (exact) mass is 249 g/mol. The molecule has 0 aliphatic carbocycles. The van der Waals surface area contributed by atoms with Crippen LogP contribution in [0.3, 0.4) is 0 Å². The molecular weight excluding hydrogens is 226 g/mol. The summed E-state index contributed by atoms with van der Waals surface area (Å²) in [4.78, 5) is 0. The molecular formula is C15H23NO2. The van der Waals surface area contributed by atoms with Gasteiger partial charge in [-0.05, 0) is 12.5 Å². The highest BCUT2D eigenvalue weighted by atomic mass is 16.5. The summed E-state index contributed by atoms with van der Waals surface area (Å²) in [5, 5.41) is 3.60. The summed E-state index contributed by atoms with van der Waals surface area (Å²) in [6.07, 6.45) is 2.34. The van der Waals surface area contributed by atoms with Crippen molar-refractivity contribution < 1.29 is 9.47 Å². The van der Waals surface area contributed by atoms with Crippen LogP contribution in [-0.4, -0.2) is 32.9 Å². The van der Waals surface area contributed by atoms with E-state index >= 15 is 0 Å². The van der Waals surface area contributed by atoms with Crippen molar-refractivity contribution in [1.29, 1.82) is 0 Å². The first-order chi connectivity index (χ1) is 8.85.